The molecule has 7 heteroatoms. The van der Waals surface area contributed by atoms with Crippen LogP contribution in [0.5, 0.6) is 0 Å². The summed E-state index contributed by atoms with van der Waals surface area (Å²) in [5.41, 5.74) is 4.85. The highest BCUT2D eigenvalue weighted by Crippen LogP contribution is 2.48. The van der Waals surface area contributed by atoms with Crippen LogP contribution in [0.2, 0.25) is 5.02 Å². The zero-order valence-electron chi connectivity index (χ0n) is 12.0. The number of hydrogen-bond donors (Lipinski definition) is 3. The lowest BCUT2D eigenvalue weighted by atomic mass is 9.82. The summed E-state index contributed by atoms with van der Waals surface area (Å²) in [6.45, 7) is 0. The van der Waals surface area contributed by atoms with Crippen LogP contribution in [0.4, 0.5) is 0 Å². The van der Waals surface area contributed by atoms with Crippen molar-refractivity contribution in [1.29, 1.82) is 0 Å². The maximum Gasteiger partial charge on any atom is 0.307 e. The molecule has 2 amide bonds. The van der Waals surface area contributed by atoms with E-state index in [1.54, 1.807) is 18.2 Å². The summed E-state index contributed by atoms with van der Waals surface area (Å²) >= 11 is 5.92. The van der Waals surface area contributed by atoms with E-state index in [1.807, 2.05) is 12.2 Å². The van der Waals surface area contributed by atoms with Crippen LogP contribution in [-0.4, -0.2) is 22.9 Å². The van der Waals surface area contributed by atoms with Crippen LogP contribution in [0.3, 0.4) is 0 Å². The second-order valence-electron chi connectivity index (χ2n) is 5.76. The number of carboxylic acid groups (broad SMARTS) is 1. The van der Waals surface area contributed by atoms with Crippen molar-refractivity contribution in [3.05, 3.63) is 47.0 Å². The Morgan fingerprint density at radius 1 is 1.04 bits per heavy atom. The number of rotatable bonds is 3. The smallest absolute Gasteiger partial charge is 0.307 e. The van der Waals surface area contributed by atoms with E-state index < -0.39 is 29.6 Å². The summed E-state index contributed by atoms with van der Waals surface area (Å²) in [6, 6.07) is 6.45. The van der Waals surface area contributed by atoms with Crippen LogP contribution >= 0.6 is 11.6 Å². The zero-order valence-corrected chi connectivity index (χ0v) is 12.8. The molecule has 1 saturated carbocycles. The third-order valence-electron chi connectivity index (χ3n) is 4.46. The van der Waals surface area contributed by atoms with Crippen molar-refractivity contribution in [2.24, 2.45) is 23.7 Å². The van der Waals surface area contributed by atoms with Crippen molar-refractivity contribution in [3.8, 4) is 0 Å². The molecule has 0 saturated heterocycles. The Hall–Kier alpha value is -2.34. The Balaban J connectivity index is 1.66. The van der Waals surface area contributed by atoms with Gasteiger partial charge in [0, 0.05) is 0 Å². The van der Waals surface area contributed by atoms with Crippen molar-refractivity contribution in [3.63, 3.8) is 0 Å². The first-order chi connectivity index (χ1) is 11.0. The first-order valence-electron chi connectivity index (χ1n) is 7.25. The lowest BCUT2D eigenvalue weighted by Gasteiger charge is -2.23. The number of carboxylic acids is 1. The summed E-state index contributed by atoms with van der Waals surface area (Å²) in [7, 11) is 0. The van der Waals surface area contributed by atoms with Crippen molar-refractivity contribution in [2.45, 2.75) is 6.42 Å². The molecule has 0 aliphatic heterocycles. The quantitative estimate of drug-likeness (QED) is 0.578. The first-order valence-corrected chi connectivity index (χ1v) is 7.62. The van der Waals surface area contributed by atoms with E-state index >= 15 is 0 Å². The number of nitrogens with one attached hydrogen (secondary N) is 2. The molecule has 120 valence electrons. The lowest BCUT2D eigenvalue weighted by Crippen LogP contribution is -2.48. The fourth-order valence-electron chi connectivity index (χ4n) is 3.43. The highest BCUT2D eigenvalue weighted by Gasteiger charge is 2.51. The summed E-state index contributed by atoms with van der Waals surface area (Å²) in [5, 5.41) is 9.60. The fraction of sp³-hybridized carbons (Fsp3) is 0.312. The summed E-state index contributed by atoms with van der Waals surface area (Å²) in [6.07, 6.45) is 4.40. The molecule has 1 fully saturated rings. The van der Waals surface area contributed by atoms with E-state index in [2.05, 4.69) is 10.9 Å². The van der Waals surface area contributed by atoms with Crippen molar-refractivity contribution >= 4 is 29.4 Å². The molecule has 4 atom stereocenters. The molecule has 2 aliphatic rings. The maximum absolute atomic E-state index is 12.3. The van der Waals surface area contributed by atoms with Crippen molar-refractivity contribution < 1.29 is 19.5 Å². The first kappa shape index (κ1) is 15.6. The number of aliphatic carboxylic acids is 1. The normalized spacial score (nSPS) is 27.7. The standard InChI is InChI=1S/C16H15ClN2O4/c17-11-4-2-1-3-10(11)14(20)18-19-15(21)12-8-5-6-9(7-8)13(12)16(22)23/h1-6,8-9,12-13H,7H2,(H,18,20)(H,19,21)(H,22,23)/t8-,9+,12?,13?/m0/s1. The second kappa shape index (κ2) is 6.04. The number of amides is 2. The number of hydrazine groups is 1. The average Bonchev–Trinajstić information content (AvgIpc) is 3.13. The predicted molar refractivity (Wildman–Crippen MR) is 82.4 cm³/mol. The molecule has 3 rings (SSSR count). The van der Waals surface area contributed by atoms with Gasteiger partial charge in [-0.2, -0.15) is 0 Å². The van der Waals surface area contributed by atoms with Gasteiger partial charge in [-0.1, -0.05) is 35.9 Å². The predicted octanol–water partition coefficient (Wildman–Crippen LogP) is 1.62. The van der Waals surface area contributed by atoms with Gasteiger partial charge >= 0.3 is 5.97 Å². The van der Waals surface area contributed by atoms with Gasteiger partial charge in [-0.05, 0) is 30.4 Å². The van der Waals surface area contributed by atoms with Gasteiger partial charge in [0.25, 0.3) is 5.91 Å². The van der Waals surface area contributed by atoms with Gasteiger partial charge < -0.3 is 5.11 Å². The number of benzene rings is 1. The average molecular weight is 335 g/mol. The highest BCUT2D eigenvalue weighted by atomic mass is 35.5. The minimum atomic E-state index is -0.987. The largest absolute Gasteiger partial charge is 0.481 e. The van der Waals surface area contributed by atoms with Gasteiger partial charge in [0.2, 0.25) is 5.91 Å². The molecule has 6 nitrogen and oxygen atoms in total. The van der Waals surface area contributed by atoms with E-state index in [-0.39, 0.29) is 22.4 Å². The Bertz CT molecular complexity index is 703. The number of carbonyl (C=O) groups excluding carboxylic acids is 2. The lowest BCUT2D eigenvalue weighted by molar-refractivity contribution is -0.148. The zero-order chi connectivity index (χ0) is 16.6. The molecule has 0 radical (unpaired) electrons. The number of fused-ring (bicyclic) bond motifs is 2. The Morgan fingerprint density at radius 2 is 1.70 bits per heavy atom. The molecule has 0 heterocycles. The van der Waals surface area contributed by atoms with E-state index in [4.69, 9.17) is 11.6 Å². The maximum atomic E-state index is 12.3. The van der Waals surface area contributed by atoms with Crippen molar-refractivity contribution in [2.75, 3.05) is 0 Å². The minimum Gasteiger partial charge on any atom is -0.481 e. The number of hydrogen-bond acceptors (Lipinski definition) is 3. The monoisotopic (exact) mass is 334 g/mol. The molecule has 2 aliphatic carbocycles. The second-order valence-corrected chi connectivity index (χ2v) is 6.17. The minimum absolute atomic E-state index is 0.0988. The molecule has 3 N–H and O–H groups in total. The van der Waals surface area contributed by atoms with E-state index in [0.717, 1.165) is 0 Å². The van der Waals surface area contributed by atoms with Gasteiger partial charge in [-0.25, -0.2) is 0 Å². The Morgan fingerprint density at radius 3 is 2.35 bits per heavy atom. The van der Waals surface area contributed by atoms with E-state index in [0.29, 0.717) is 6.42 Å². The third-order valence-corrected chi connectivity index (χ3v) is 4.79. The third kappa shape index (κ3) is 2.82. The van der Waals surface area contributed by atoms with Crippen LogP contribution in [0.25, 0.3) is 0 Å². The molecular formula is C16H15ClN2O4. The van der Waals surface area contributed by atoms with Gasteiger partial charge in [-0.15, -0.1) is 0 Å². The molecule has 1 aromatic carbocycles. The van der Waals surface area contributed by atoms with Crippen molar-refractivity contribution in [1.82, 2.24) is 10.9 Å². The summed E-state index contributed by atoms with van der Waals surface area (Å²) in [4.78, 5) is 35.7. The van der Waals surface area contributed by atoms with Crippen LogP contribution in [0.15, 0.2) is 36.4 Å². The SMILES string of the molecule is O=C(NNC(=O)C1C(C(=O)O)[C@@H]2C=C[C@H]1C2)c1ccccc1Cl. The van der Waals surface area contributed by atoms with Gasteiger partial charge in [-0.3, -0.25) is 25.2 Å². The number of carbonyl (C=O) groups is 3. The molecular weight excluding hydrogens is 320 g/mol. The highest BCUT2D eigenvalue weighted by molar-refractivity contribution is 6.33. The molecule has 0 spiro atoms. The molecule has 2 unspecified atom stereocenters. The summed E-state index contributed by atoms with van der Waals surface area (Å²) < 4.78 is 0. The van der Waals surface area contributed by atoms with Gasteiger partial charge in [0.05, 0.1) is 22.4 Å². The number of halogens is 1. The van der Waals surface area contributed by atoms with Crippen LogP contribution in [-0.2, 0) is 9.59 Å². The van der Waals surface area contributed by atoms with E-state index in [9.17, 15) is 19.5 Å². The molecule has 23 heavy (non-hydrogen) atoms. The Labute approximate surface area is 137 Å². The topological polar surface area (TPSA) is 95.5 Å². The molecule has 0 aromatic heterocycles. The summed E-state index contributed by atoms with van der Waals surface area (Å²) in [5.74, 6) is -3.66. The van der Waals surface area contributed by atoms with Crippen LogP contribution in [0, 0.1) is 23.7 Å². The molecule has 1 aromatic rings. The van der Waals surface area contributed by atoms with E-state index in [1.165, 1.54) is 6.07 Å². The van der Waals surface area contributed by atoms with Gasteiger partial charge in [0.15, 0.2) is 0 Å². The number of allylic oxidation sites excluding steroid dienone is 2. The fourth-order valence-corrected chi connectivity index (χ4v) is 3.65. The van der Waals surface area contributed by atoms with Crippen LogP contribution < -0.4 is 10.9 Å². The molecule has 2 bridgehead atoms. The van der Waals surface area contributed by atoms with Crippen LogP contribution in [0.1, 0.15) is 16.8 Å². The Kier molecular flexibility index (Phi) is 4.09. The van der Waals surface area contributed by atoms with Gasteiger partial charge in [0.1, 0.15) is 0 Å².